The van der Waals surface area contributed by atoms with Crippen molar-refractivity contribution < 1.29 is 37.9 Å². The molecule has 306 valence electrons. The molecule has 0 radical (unpaired) electrons. The summed E-state index contributed by atoms with van der Waals surface area (Å²) in [5, 5.41) is 0. The monoisotopic (exact) mass is 773 g/mol. The molecular formula is C45H73O8P. The minimum atomic E-state index is -4.78. The van der Waals surface area contributed by atoms with E-state index in [9.17, 15) is 14.2 Å². The van der Waals surface area contributed by atoms with Crippen LogP contribution >= 0.6 is 7.82 Å². The minimum absolute atomic E-state index is 0.127. The molecule has 0 fully saturated rings. The van der Waals surface area contributed by atoms with Crippen LogP contribution in [0, 0.1) is 0 Å². The lowest BCUT2D eigenvalue weighted by Crippen LogP contribution is -2.29. The number of hydrogen-bond donors (Lipinski definition) is 2. The van der Waals surface area contributed by atoms with Crippen LogP contribution in [0.4, 0.5) is 0 Å². The third-order valence-electron chi connectivity index (χ3n) is 8.09. The summed E-state index contributed by atoms with van der Waals surface area (Å²) < 4.78 is 26.3. The summed E-state index contributed by atoms with van der Waals surface area (Å²) in [6, 6.07) is 0. The summed E-state index contributed by atoms with van der Waals surface area (Å²) in [7, 11) is -4.78. The highest BCUT2D eigenvalue weighted by atomic mass is 31.2. The number of phosphoric acid groups is 1. The standard InChI is InChI=1S/C45H73O8P/c1-3-5-7-9-11-13-15-17-19-21-22-24-25-27-29-31-33-35-37-39-44(46)51-41-43(42-52-54(48,49)50)53-45(47)40-38-36-34-32-30-28-26-23-20-18-16-14-12-10-8-6-4-2/h5,7,11,13,17-20,22,24,26-29,32,34,43H,3-4,6,8-10,12,14-16,21,23,25,30-31,33,35-42H2,1-2H3,(H2,48,49,50)/b7-5-,13-11-,19-17-,20-18-,24-22-,28-26-,29-27-,34-32-/t43-/m1/s1. The topological polar surface area (TPSA) is 119 Å². The van der Waals surface area contributed by atoms with Crippen molar-refractivity contribution in [1.29, 1.82) is 0 Å². The molecule has 0 aliphatic rings. The lowest BCUT2D eigenvalue weighted by Gasteiger charge is -2.18. The Morgan fingerprint density at radius 2 is 0.907 bits per heavy atom. The molecule has 0 aromatic carbocycles. The fourth-order valence-electron chi connectivity index (χ4n) is 5.06. The van der Waals surface area contributed by atoms with E-state index in [1.54, 1.807) is 0 Å². The zero-order valence-electron chi connectivity index (χ0n) is 33.6. The maximum atomic E-state index is 12.4. The molecule has 0 saturated carbocycles. The molecule has 0 amide bonds. The van der Waals surface area contributed by atoms with E-state index in [-0.39, 0.29) is 19.4 Å². The van der Waals surface area contributed by atoms with Gasteiger partial charge in [-0.2, -0.15) is 0 Å². The van der Waals surface area contributed by atoms with Gasteiger partial charge in [-0.15, -0.1) is 0 Å². The van der Waals surface area contributed by atoms with E-state index in [1.807, 2.05) is 6.08 Å². The van der Waals surface area contributed by atoms with E-state index in [1.165, 1.54) is 38.5 Å². The van der Waals surface area contributed by atoms with Crippen molar-refractivity contribution >= 4 is 19.8 Å². The average Bonchev–Trinajstić information content (AvgIpc) is 3.14. The maximum absolute atomic E-state index is 12.4. The van der Waals surface area contributed by atoms with Crippen molar-refractivity contribution in [3.8, 4) is 0 Å². The van der Waals surface area contributed by atoms with E-state index < -0.39 is 32.5 Å². The lowest BCUT2D eigenvalue weighted by molar-refractivity contribution is -0.161. The van der Waals surface area contributed by atoms with Crippen LogP contribution in [-0.2, 0) is 28.2 Å². The first-order chi connectivity index (χ1) is 26.3. The molecule has 0 aromatic heterocycles. The van der Waals surface area contributed by atoms with Crippen molar-refractivity contribution in [3.05, 3.63) is 97.2 Å². The lowest BCUT2D eigenvalue weighted by atomic mass is 10.1. The Balaban J connectivity index is 4.11. The Hall–Kier alpha value is -3.03. The molecule has 0 saturated heterocycles. The third kappa shape index (κ3) is 41.7. The fraction of sp³-hybridized carbons (Fsp3) is 0.600. The summed E-state index contributed by atoms with van der Waals surface area (Å²) in [6.07, 6.45) is 54.2. The largest absolute Gasteiger partial charge is 0.469 e. The predicted molar refractivity (Wildman–Crippen MR) is 225 cm³/mol. The number of carbonyl (C=O) groups is 2. The smallest absolute Gasteiger partial charge is 0.462 e. The highest BCUT2D eigenvalue weighted by molar-refractivity contribution is 7.46. The molecule has 0 unspecified atom stereocenters. The van der Waals surface area contributed by atoms with E-state index >= 15 is 0 Å². The number of carbonyl (C=O) groups excluding carboxylic acids is 2. The minimum Gasteiger partial charge on any atom is -0.462 e. The Morgan fingerprint density at radius 1 is 0.500 bits per heavy atom. The van der Waals surface area contributed by atoms with Crippen LogP contribution in [0.25, 0.3) is 0 Å². The maximum Gasteiger partial charge on any atom is 0.469 e. The van der Waals surface area contributed by atoms with Crippen molar-refractivity contribution in [2.75, 3.05) is 13.2 Å². The third-order valence-corrected chi connectivity index (χ3v) is 8.57. The fourth-order valence-corrected chi connectivity index (χ4v) is 5.42. The second-order valence-electron chi connectivity index (χ2n) is 13.2. The van der Waals surface area contributed by atoms with E-state index in [2.05, 4.69) is 110 Å². The molecule has 0 aliphatic carbocycles. The van der Waals surface area contributed by atoms with Crippen LogP contribution in [0.5, 0.6) is 0 Å². The number of hydrogen-bond acceptors (Lipinski definition) is 6. The van der Waals surface area contributed by atoms with Gasteiger partial charge < -0.3 is 19.3 Å². The van der Waals surface area contributed by atoms with Gasteiger partial charge in [-0.05, 0) is 89.9 Å². The van der Waals surface area contributed by atoms with Gasteiger partial charge in [-0.1, -0.05) is 150 Å². The first-order valence-electron chi connectivity index (χ1n) is 20.5. The molecule has 1 atom stereocenters. The summed E-state index contributed by atoms with van der Waals surface area (Å²) in [5.74, 6) is -0.994. The number of ether oxygens (including phenoxy) is 2. The van der Waals surface area contributed by atoms with Gasteiger partial charge in [0.2, 0.25) is 0 Å². The van der Waals surface area contributed by atoms with Crippen molar-refractivity contribution in [1.82, 2.24) is 0 Å². The van der Waals surface area contributed by atoms with Gasteiger partial charge >= 0.3 is 19.8 Å². The number of esters is 2. The SMILES string of the molecule is CC/C=C\C/C=C\C/C=C\C/C=C\C/C=C\CCCCCC(=O)OC[C@H](COP(=O)(O)O)OC(=O)CCC/C=C\C/C=C\C/C=C\CCCCCCCC. The molecule has 0 spiro atoms. The normalized spacial score (nSPS) is 13.5. The van der Waals surface area contributed by atoms with Crippen LogP contribution in [0.15, 0.2) is 97.2 Å². The number of phosphoric ester groups is 1. The molecule has 0 aromatic rings. The zero-order valence-corrected chi connectivity index (χ0v) is 34.5. The number of unbranched alkanes of at least 4 members (excludes halogenated alkanes) is 10. The Bertz CT molecular complexity index is 1190. The van der Waals surface area contributed by atoms with Gasteiger partial charge in [-0.3, -0.25) is 14.1 Å². The van der Waals surface area contributed by atoms with Gasteiger partial charge in [0.15, 0.2) is 6.10 Å². The van der Waals surface area contributed by atoms with E-state index in [0.717, 1.165) is 70.6 Å². The van der Waals surface area contributed by atoms with Crippen LogP contribution < -0.4 is 0 Å². The Kier molecular flexibility index (Phi) is 37.4. The number of allylic oxidation sites excluding steroid dienone is 16. The molecule has 2 N–H and O–H groups in total. The zero-order chi connectivity index (χ0) is 39.6. The molecule has 9 heteroatoms. The van der Waals surface area contributed by atoms with Gasteiger partial charge in [-0.25, -0.2) is 4.57 Å². The summed E-state index contributed by atoms with van der Waals surface area (Å²) in [5.41, 5.74) is 0. The van der Waals surface area contributed by atoms with Crippen molar-refractivity contribution in [2.45, 2.75) is 161 Å². The molecule has 0 aliphatic heterocycles. The van der Waals surface area contributed by atoms with Crippen molar-refractivity contribution in [2.24, 2.45) is 0 Å². The van der Waals surface area contributed by atoms with Gasteiger partial charge in [0, 0.05) is 12.8 Å². The van der Waals surface area contributed by atoms with Crippen LogP contribution in [0.2, 0.25) is 0 Å². The van der Waals surface area contributed by atoms with E-state index in [4.69, 9.17) is 19.3 Å². The summed E-state index contributed by atoms with van der Waals surface area (Å²) in [4.78, 5) is 42.8. The van der Waals surface area contributed by atoms with Crippen LogP contribution in [0.1, 0.15) is 155 Å². The molecule has 54 heavy (non-hydrogen) atoms. The predicted octanol–water partition coefficient (Wildman–Crippen LogP) is 12.6. The van der Waals surface area contributed by atoms with Gasteiger partial charge in [0.05, 0.1) is 6.61 Å². The first-order valence-corrected chi connectivity index (χ1v) is 22.1. The molecule has 0 rings (SSSR count). The first kappa shape index (κ1) is 51.0. The van der Waals surface area contributed by atoms with Gasteiger partial charge in [0.1, 0.15) is 6.61 Å². The Labute approximate surface area is 328 Å². The number of rotatable bonds is 36. The summed E-state index contributed by atoms with van der Waals surface area (Å²) >= 11 is 0. The highest BCUT2D eigenvalue weighted by Gasteiger charge is 2.22. The molecular weight excluding hydrogens is 699 g/mol. The quantitative estimate of drug-likeness (QED) is 0.0280. The van der Waals surface area contributed by atoms with Crippen LogP contribution in [0.3, 0.4) is 0 Å². The summed E-state index contributed by atoms with van der Waals surface area (Å²) in [6.45, 7) is 3.48. The second kappa shape index (κ2) is 39.7. The molecule has 0 heterocycles. The molecule has 8 nitrogen and oxygen atoms in total. The Morgan fingerprint density at radius 3 is 1.39 bits per heavy atom. The van der Waals surface area contributed by atoms with Crippen molar-refractivity contribution in [3.63, 3.8) is 0 Å². The molecule has 0 bridgehead atoms. The average molecular weight is 773 g/mol. The highest BCUT2D eigenvalue weighted by Crippen LogP contribution is 2.36. The van der Waals surface area contributed by atoms with Crippen LogP contribution in [-0.4, -0.2) is 41.0 Å². The van der Waals surface area contributed by atoms with E-state index in [0.29, 0.717) is 19.3 Å². The second-order valence-corrected chi connectivity index (χ2v) is 14.5. The van der Waals surface area contributed by atoms with Gasteiger partial charge in [0.25, 0.3) is 0 Å².